The van der Waals surface area contributed by atoms with Gasteiger partial charge in [0.1, 0.15) is 6.04 Å². The number of aromatic nitrogens is 3. The van der Waals surface area contributed by atoms with Crippen molar-refractivity contribution in [1.82, 2.24) is 20.0 Å². The maximum absolute atomic E-state index is 13.0. The van der Waals surface area contributed by atoms with Gasteiger partial charge in [-0.05, 0) is 49.7 Å². The van der Waals surface area contributed by atoms with Crippen LogP contribution in [0.25, 0.3) is 10.9 Å². The number of likely N-dealkylation sites (tertiary alicyclic amines) is 1. The molecule has 0 bridgehead atoms. The summed E-state index contributed by atoms with van der Waals surface area (Å²) in [6.45, 7) is 2.21. The Hall–Kier alpha value is -2.67. The number of carbonyl (C=O) groups is 1. The van der Waals surface area contributed by atoms with Crippen LogP contribution in [0.15, 0.2) is 35.0 Å². The van der Waals surface area contributed by atoms with Crippen molar-refractivity contribution in [3.05, 3.63) is 47.7 Å². The number of nitrogens with one attached hydrogen (secondary N) is 1. The van der Waals surface area contributed by atoms with Crippen molar-refractivity contribution in [3.8, 4) is 0 Å². The Morgan fingerprint density at radius 3 is 3.03 bits per heavy atom. The molecule has 30 heavy (non-hydrogen) atoms. The minimum atomic E-state index is -0.103. The second-order valence-electron chi connectivity index (χ2n) is 8.42. The fourth-order valence-corrected chi connectivity index (χ4v) is 4.25. The van der Waals surface area contributed by atoms with E-state index in [1.165, 1.54) is 23.8 Å². The minimum Gasteiger partial charge on any atom is -0.381 e. The summed E-state index contributed by atoms with van der Waals surface area (Å²) in [5, 5.41) is 5.29. The molecular weight excluding hydrogens is 380 g/mol. The van der Waals surface area contributed by atoms with E-state index < -0.39 is 0 Å². The number of H-pyrrole nitrogens is 1. The monoisotopic (exact) mass is 408 g/mol. The number of aryl methyl sites for hydroxylation is 1. The number of aromatic amines is 1. The fraction of sp³-hybridized carbons (Fsp3) is 0.522. The first-order chi connectivity index (χ1) is 14.8. The van der Waals surface area contributed by atoms with Crippen molar-refractivity contribution in [1.29, 1.82) is 0 Å². The van der Waals surface area contributed by atoms with E-state index in [9.17, 15) is 4.79 Å². The van der Waals surface area contributed by atoms with E-state index in [0.29, 0.717) is 31.2 Å². The smallest absolute Gasteiger partial charge is 0.249 e. The summed E-state index contributed by atoms with van der Waals surface area (Å²) in [7, 11) is 0. The van der Waals surface area contributed by atoms with Crippen molar-refractivity contribution in [2.75, 3.05) is 19.8 Å². The number of hydrogen-bond acceptors (Lipinski definition) is 5. The molecule has 2 aromatic heterocycles. The van der Waals surface area contributed by atoms with Crippen molar-refractivity contribution in [2.45, 2.75) is 51.0 Å². The van der Waals surface area contributed by atoms with E-state index in [1.54, 1.807) is 0 Å². The maximum atomic E-state index is 13.0. The second kappa shape index (κ2) is 8.60. The van der Waals surface area contributed by atoms with Crippen LogP contribution in [0.2, 0.25) is 0 Å². The lowest BCUT2D eigenvalue weighted by molar-refractivity contribution is -0.132. The predicted octanol–water partition coefficient (Wildman–Crippen LogP) is 3.82. The Morgan fingerprint density at radius 1 is 1.23 bits per heavy atom. The highest BCUT2D eigenvalue weighted by Gasteiger charge is 2.33. The van der Waals surface area contributed by atoms with Crippen LogP contribution in [-0.2, 0) is 22.4 Å². The number of benzene rings is 1. The highest BCUT2D eigenvalue weighted by Crippen LogP contribution is 2.32. The van der Waals surface area contributed by atoms with Crippen molar-refractivity contribution >= 4 is 16.8 Å². The van der Waals surface area contributed by atoms with Gasteiger partial charge >= 0.3 is 0 Å². The van der Waals surface area contributed by atoms with Crippen LogP contribution in [0.3, 0.4) is 0 Å². The zero-order chi connectivity index (χ0) is 20.3. The molecule has 1 saturated heterocycles. The summed E-state index contributed by atoms with van der Waals surface area (Å²) >= 11 is 0. The molecule has 1 amide bonds. The SMILES string of the molecule is O=C(CCc1c[nH]c2ccccc12)N1CCCC1c1nc(CCOCC2CC2)no1. The summed E-state index contributed by atoms with van der Waals surface area (Å²) in [6, 6.07) is 8.09. The third-order valence-electron chi connectivity index (χ3n) is 6.15. The highest BCUT2D eigenvalue weighted by atomic mass is 16.5. The number of fused-ring (bicyclic) bond motifs is 1. The van der Waals surface area contributed by atoms with Crippen LogP contribution in [0.1, 0.15) is 55.4 Å². The molecule has 2 fully saturated rings. The Bertz CT molecular complexity index is 1010. The van der Waals surface area contributed by atoms with Crippen LogP contribution < -0.4 is 0 Å². The van der Waals surface area contributed by atoms with E-state index in [0.717, 1.165) is 43.8 Å². The quantitative estimate of drug-likeness (QED) is 0.544. The van der Waals surface area contributed by atoms with Gasteiger partial charge in [0.05, 0.1) is 6.61 Å². The topological polar surface area (TPSA) is 84.2 Å². The van der Waals surface area contributed by atoms with Gasteiger partial charge in [0.25, 0.3) is 0 Å². The third kappa shape index (κ3) is 4.26. The molecule has 1 aliphatic heterocycles. The second-order valence-corrected chi connectivity index (χ2v) is 8.42. The molecule has 2 aliphatic rings. The van der Waals surface area contributed by atoms with Gasteiger partial charge < -0.3 is 19.1 Å². The largest absolute Gasteiger partial charge is 0.381 e. The highest BCUT2D eigenvalue weighted by molar-refractivity contribution is 5.84. The average molecular weight is 409 g/mol. The molecule has 0 spiro atoms. The van der Waals surface area contributed by atoms with E-state index in [4.69, 9.17) is 9.26 Å². The maximum Gasteiger partial charge on any atom is 0.249 e. The number of rotatable bonds is 9. The van der Waals surface area contributed by atoms with E-state index in [1.807, 2.05) is 23.2 Å². The van der Waals surface area contributed by atoms with E-state index in [-0.39, 0.29) is 11.9 Å². The molecule has 0 radical (unpaired) electrons. The molecule has 7 nitrogen and oxygen atoms in total. The van der Waals surface area contributed by atoms with Gasteiger partial charge in [-0.15, -0.1) is 0 Å². The molecule has 1 unspecified atom stereocenters. The van der Waals surface area contributed by atoms with Gasteiger partial charge in [-0.2, -0.15) is 4.98 Å². The molecule has 1 aromatic carbocycles. The first-order valence-electron chi connectivity index (χ1n) is 11.0. The third-order valence-corrected chi connectivity index (χ3v) is 6.15. The molecule has 1 aliphatic carbocycles. The first kappa shape index (κ1) is 19.3. The Balaban J connectivity index is 1.16. The van der Waals surface area contributed by atoms with E-state index >= 15 is 0 Å². The minimum absolute atomic E-state index is 0.103. The van der Waals surface area contributed by atoms with Crippen LogP contribution in [0, 0.1) is 5.92 Å². The zero-order valence-corrected chi connectivity index (χ0v) is 17.2. The number of amides is 1. The molecule has 1 saturated carbocycles. The lowest BCUT2D eigenvalue weighted by Crippen LogP contribution is -2.30. The fourth-order valence-electron chi connectivity index (χ4n) is 4.25. The number of nitrogens with zero attached hydrogens (tertiary/aromatic N) is 3. The molecule has 7 heteroatoms. The van der Waals surface area contributed by atoms with Gasteiger partial charge in [-0.25, -0.2) is 0 Å². The van der Waals surface area contributed by atoms with Crippen LogP contribution in [-0.4, -0.2) is 45.7 Å². The molecule has 5 rings (SSSR count). The van der Waals surface area contributed by atoms with Crippen LogP contribution in [0.4, 0.5) is 0 Å². The van der Waals surface area contributed by atoms with Crippen molar-refractivity contribution < 1.29 is 14.1 Å². The first-order valence-corrected chi connectivity index (χ1v) is 11.0. The summed E-state index contributed by atoms with van der Waals surface area (Å²) in [5.74, 6) is 2.13. The molecule has 1 atom stereocenters. The Labute approximate surface area is 175 Å². The van der Waals surface area contributed by atoms with Gasteiger partial charge in [0.15, 0.2) is 5.82 Å². The number of carbonyl (C=O) groups excluding carboxylic acids is 1. The van der Waals surface area contributed by atoms with Gasteiger partial charge in [-0.1, -0.05) is 23.4 Å². The van der Waals surface area contributed by atoms with Crippen LogP contribution >= 0.6 is 0 Å². The predicted molar refractivity (Wildman–Crippen MR) is 112 cm³/mol. The molecule has 3 heterocycles. The molecule has 3 aromatic rings. The number of ether oxygens (including phenoxy) is 1. The summed E-state index contributed by atoms with van der Waals surface area (Å²) in [5.41, 5.74) is 2.29. The normalized spacial score (nSPS) is 19.1. The molecular formula is C23H28N4O3. The van der Waals surface area contributed by atoms with E-state index in [2.05, 4.69) is 27.3 Å². The van der Waals surface area contributed by atoms with Gasteiger partial charge in [-0.3, -0.25) is 4.79 Å². The van der Waals surface area contributed by atoms with Crippen molar-refractivity contribution in [2.24, 2.45) is 5.92 Å². The Kier molecular flexibility index (Phi) is 5.53. The van der Waals surface area contributed by atoms with Crippen molar-refractivity contribution in [3.63, 3.8) is 0 Å². The summed E-state index contributed by atoms with van der Waals surface area (Å²) in [4.78, 5) is 22.7. The lowest BCUT2D eigenvalue weighted by atomic mass is 10.1. The Morgan fingerprint density at radius 2 is 2.13 bits per heavy atom. The average Bonchev–Trinajstić information content (AvgIpc) is 3.16. The molecule has 158 valence electrons. The summed E-state index contributed by atoms with van der Waals surface area (Å²) < 4.78 is 11.2. The molecule has 1 N–H and O–H groups in total. The van der Waals surface area contributed by atoms with Gasteiger partial charge in [0.2, 0.25) is 11.8 Å². The zero-order valence-electron chi connectivity index (χ0n) is 17.2. The van der Waals surface area contributed by atoms with Gasteiger partial charge in [0, 0.05) is 43.1 Å². The van der Waals surface area contributed by atoms with Crippen LogP contribution in [0.5, 0.6) is 0 Å². The number of para-hydroxylation sites is 1. The summed E-state index contributed by atoms with van der Waals surface area (Å²) in [6.07, 6.45) is 8.28. The number of hydrogen-bond donors (Lipinski definition) is 1. The standard InChI is InChI=1S/C23H28N4O3/c28-22(10-9-17-14-24-19-5-2-1-4-18(17)19)27-12-3-6-20(27)23-25-21(26-30-23)11-13-29-15-16-7-8-16/h1-2,4-5,14,16,20,24H,3,6-13,15H2. The lowest BCUT2D eigenvalue weighted by Gasteiger charge is -2.21.